The van der Waals surface area contributed by atoms with E-state index in [-0.39, 0.29) is 6.61 Å². The van der Waals surface area contributed by atoms with E-state index in [9.17, 15) is 5.11 Å². The maximum Gasteiger partial charge on any atom is 0.112 e. The van der Waals surface area contributed by atoms with Crippen molar-refractivity contribution in [2.24, 2.45) is 0 Å². The zero-order valence-electron chi connectivity index (χ0n) is 9.60. The van der Waals surface area contributed by atoms with Crippen molar-refractivity contribution in [3.8, 4) is 0 Å². The van der Waals surface area contributed by atoms with Crippen molar-refractivity contribution in [2.45, 2.75) is 26.5 Å². The molecule has 0 unspecified atom stereocenters. The Morgan fingerprint density at radius 2 is 2.00 bits per heavy atom. The first kappa shape index (κ1) is 12.1. The molecule has 1 aromatic heterocycles. The van der Waals surface area contributed by atoms with Crippen molar-refractivity contribution < 1.29 is 5.11 Å². The molecule has 0 fully saturated rings. The Labute approximate surface area is 105 Å². The number of aryl methyl sites for hydroxylation is 1. The summed E-state index contributed by atoms with van der Waals surface area (Å²) in [5.74, 6) is 0. The molecular weight excluding hydrogens is 238 g/mol. The molecule has 0 bridgehead atoms. The quantitative estimate of drug-likeness (QED) is 0.905. The largest absolute Gasteiger partial charge is 0.390 e. The third kappa shape index (κ3) is 2.65. The van der Waals surface area contributed by atoms with Crippen molar-refractivity contribution in [1.82, 2.24) is 15.0 Å². The maximum atomic E-state index is 9.21. The van der Waals surface area contributed by atoms with Gasteiger partial charge in [-0.2, -0.15) is 0 Å². The molecule has 5 heteroatoms. The minimum atomic E-state index is -0.0804. The van der Waals surface area contributed by atoms with Gasteiger partial charge in [-0.05, 0) is 24.6 Å². The van der Waals surface area contributed by atoms with Crippen LogP contribution in [0.25, 0.3) is 0 Å². The Morgan fingerprint density at radius 1 is 1.29 bits per heavy atom. The second kappa shape index (κ2) is 5.29. The van der Waals surface area contributed by atoms with Crippen LogP contribution in [0.1, 0.15) is 23.9 Å². The Balaban J connectivity index is 2.28. The molecule has 1 N–H and O–H groups in total. The highest BCUT2D eigenvalue weighted by Gasteiger charge is 2.11. The summed E-state index contributed by atoms with van der Waals surface area (Å²) >= 11 is 5.84. The number of hydrogen-bond donors (Lipinski definition) is 1. The van der Waals surface area contributed by atoms with Crippen LogP contribution < -0.4 is 0 Å². The summed E-state index contributed by atoms with van der Waals surface area (Å²) in [6.07, 6.45) is 0.702. The normalized spacial score (nSPS) is 10.8. The first-order valence-electron chi connectivity index (χ1n) is 5.51. The predicted octanol–water partition coefficient (Wildman–Crippen LogP) is 2.03. The highest BCUT2D eigenvalue weighted by molar-refractivity contribution is 6.30. The standard InChI is InChI=1S/C12H14ClN3O/c1-2-16-12(11(8-17)14-15-16)7-9-3-5-10(13)6-4-9/h3-6,17H,2,7-8H2,1H3. The molecule has 0 saturated heterocycles. The van der Waals surface area contributed by atoms with E-state index in [1.54, 1.807) is 4.68 Å². The van der Waals surface area contributed by atoms with Crippen molar-refractivity contribution in [1.29, 1.82) is 0 Å². The monoisotopic (exact) mass is 251 g/mol. The fourth-order valence-corrected chi connectivity index (χ4v) is 1.86. The topological polar surface area (TPSA) is 50.9 Å². The molecular formula is C12H14ClN3O. The molecule has 0 aliphatic rings. The molecule has 0 spiro atoms. The molecule has 1 aromatic carbocycles. The van der Waals surface area contributed by atoms with E-state index in [0.29, 0.717) is 12.1 Å². The van der Waals surface area contributed by atoms with Gasteiger partial charge in [0.15, 0.2) is 0 Å². The Hall–Kier alpha value is -1.39. The highest BCUT2D eigenvalue weighted by atomic mass is 35.5. The van der Waals surface area contributed by atoms with Crippen LogP contribution in [0, 0.1) is 0 Å². The van der Waals surface area contributed by atoms with Crippen molar-refractivity contribution in [2.75, 3.05) is 0 Å². The van der Waals surface area contributed by atoms with Gasteiger partial charge < -0.3 is 5.11 Å². The maximum absolute atomic E-state index is 9.21. The molecule has 0 aliphatic heterocycles. The van der Waals surface area contributed by atoms with Gasteiger partial charge in [-0.1, -0.05) is 28.9 Å². The third-order valence-corrected chi connectivity index (χ3v) is 2.90. The Morgan fingerprint density at radius 3 is 2.59 bits per heavy atom. The lowest BCUT2D eigenvalue weighted by molar-refractivity contribution is 0.275. The Bertz CT molecular complexity index is 471. The summed E-state index contributed by atoms with van der Waals surface area (Å²) < 4.78 is 1.81. The summed E-state index contributed by atoms with van der Waals surface area (Å²) in [6, 6.07) is 7.65. The lowest BCUT2D eigenvalue weighted by atomic mass is 10.1. The van der Waals surface area contributed by atoms with Crippen molar-refractivity contribution in [3.05, 3.63) is 46.2 Å². The van der Waals surface area contributed by atoms with Gasteiger partial charge in [0, 0.05) is 18.0 Å². The number of hydrogen-bond acceptors (Lipinski definition) is 3. The van der Waals surface area contributed by atoms with Crippen LogP contribution in [0.15, 0.2) is 24.3 Å². The summed E-state index contributed by atoms with van der Waals surface area (Å²) in [6.45, 7) is 2.67. The lowest BCUT2D eigenvalue weighted by Crippen LogP contribution is -2.05. The van der Waals surface area contributed by atoms with Crippen LogP contribution >= 0.6 is 11.6 Å². The molecule has 0 amide bonds. The van der Waals surface area contributed by atoms with Gasteiger partial charge in [-0.3, -0.25) is 0 Å². The molecule has 90 valence electrons. The molecule has 2 rings (SSSR count). The zero-order chi connectivity index (χ0) is 12.3. The van der Waals surface area contributed by atoms with Gasteiger partial charge in [-0.15, -0.1) is 5.10 Å². The first-order chi connectivity index (χ1) is 8.24. The van der Waals surface area contributed by atoms with Crippen molar-refractivity contribution in [3.63, 3.8) is 0 Å². The minimum absolute atomic E-state index is 0.0804. The summed E-state index contributed by atoms with van der Waals surface area (Å²) in [5, 5.41) is 17.9. The summed E-state index contributed by atoms with van der Waals surface area (Å²) in [5.41, 5.74) is 2.72. The minimum Gasteiger partial charge on any atom is -0.390 e. The van der Waals surface area contributed by atoms with Crippen LogP contribution in [-0.2, 0) is 19.6 Å². The molecule has 1 heterocycles. The molecule has 4 nitrogen and oxygen atoms in total. The van der Waals surface area contributed by atoms with Gasteiger partial charge in [0.2, 0.25) is 0 Å². The summed E-state index contributed by atoms with van der Waals surface area (Å²) in [7, 11) is 0. The molecule has 0 atom stereocenters. The fourth-order valence-electron chi connectivity index (χ4n) is 1.73. The van der Waals surface area contributed by atoms with Gasteiger partial charge in [-0.25, -0.2) is 4.68 Å². The SMILES string of the molecule is CCn1nnc(CO)c1Cc1ccc(Cl)cc1. The molecule has 17 heavy (non-hydrogen) atoms. The van der Waals surface area contributed by atoms with Crippen LogP contribution in [0.5, 0.6) is 0 Å². The number of aromatic nitrogens is 3. The van der Waals surface area contributed by atoms with E-state index in [0.717, 1.165) is 22.8 Å². The van der Waals surface area contributed by atoms with Gasteiger partial charge in [0.05, 0.1) is 12.3 Å². The van der Waals surface area contributed by atoms with E-state index in [1.807, 2.05) is 31.2 Å². The van der Waals surface area contributed by atoms with Gasteiger partial charge in [0.1, 0.15) is 5.69 Å². The molecule has 2 aromatic rings. The number of nitrogens with zero attached hydrogens (tertiary/aromatic N) is 3. The van der Waals surface area contributed by atoms with E-state index >= 15 is 0 Å². The number of aliphatic hydroxyl groups is 1. The lowest BCUT2D eigenvalue weighted by Gasteiger charge is -2.05. The fraction of sp³-hybridized carbons (Fsp3) is 0.333. The number of aliphatic hydroxyl groups excluding tert-OH is 1. The third-order valence-electron chi connectivity index (χ3n) is 2.65. The average Bonchev–Trinajstić information content (AvgIpc) is 2.74. The van der Waals surface area contributed by atoms with Gasteiger partial charge >= 0.3 is 0 Å². The van der Waals surface area contributed by atoms with Crippen LogP contribution in [0.3, 0.4) is 0 Å². The number of rotatable bonds is 4. The smallest absolute Gasteiger partial charge is 0.112 e. The van der Waals surface area contributed by atoms with Gasteiger partial charge in [0.25, 0.3) is 0 Å². The van der Waals surface area contributed by atoms with E-state index in [2.05, 4.69) is 10.3 Å². The second-order valence-corrected chi connectivity index (χ2v) is 4.20. The first-order valence-corrected chi connectivity index (χ1v) is 5.89. The summed E-state index contributed by atoms with van der Waals surface area (Å²) in [4.78, 5) is 0. The Kier molecular flexibility index (Phi) is 3.76. The molecule has 0 saturated carbocycles. The molecule has 0 radical (unpaired) electrons. The van der Waals surface area contributed by atoms with Crippen LogP contribution in [0.2, 0.25) is 5.02 Å². The average molecular weight is 252 g/mol. The number of halogens is 1. The van der Waals surface area contributed by atoms with Crippen LogP contribution in [-0.4, -0.2) is 20.1 Å². The van der Waals surface area contributed by atoms with E-state index in [4.69, 9.17) is 11.6 Å². The van der Waals surface area contributed by atoms with E-state index < -0.39 is 0 Å². The predicted molar refractivity (Wildman–Crippen MR) is 65.9 cm³/mol. The zero-order valence-corrected chi connectivity index (χ0v) is 10.4. The highest BCUT2D eigenvalue weighted by Crippen LogP contribution is 2.15. The number of benzene rings is 1. The molecule has 0 aliphatic carbocycles. The second-order valence-electron chi connectivity index (χ2n) is 3.76. The van der Waals surface area contributed by atoms with Crippen molar-refractivity contribution >= 4 is 11.6 Å². The van der Waals surface area contributed by atoms with E-state index in [1.165, 1.54) is 0 Å². The van der Waals surface area contributed by atoms with Crippen LogP contribution in [0.4, 0.5) is 0 Å².